The van der Waals surface area contributed by atoms with Crippen molar-refractivity contribution in [3.05, 3.63) is 114 Å². The Morgan fingerprint density at radius 3 is 1.48 bits per heavy atom. The predicted octanol–water partition coefficient (Wildman–Crippen LogP) is 12.2. The smallest absolute Gasteiger partial charge is 0.165 e. The molecule has 7 nitrogen and oxygen atoms in total. The average Bonchev–Trinajstić information content (AvgIpc) is 3.87. The summed E-state index contributed by atoms with van der Waals surface area (Å²) in [6.45, 7) is 16.6. The summed E-state index contributed by atoms with van der Waals surface area (Å²) in [4.78, 5) is 7.64. The largest absolute Gasteiger partial charge is 0.494 e. The lowest BCUT2D eigenvalue weighted by Gasteiger charge is -2.26. The fraction of sp³-hybridized carbons (Fsp3) is 0.564. The van der Waals surface area contributed by atoms with Crippen LogP contribution in [0.25, 0.3) is 11.1 Å². The molecule has 0 spiro atoms. The van der Waals surface area contributed by atoms with E-state index in [1.165, 1.54) is 153 Å². The minimum Gasteiger partial charge on any atom is -0.494 e. The molecule has 0 aliphatic carbocycles. The van der Waals surface area contributed by atoms with Crippen LogP contribution < -0.4 is 14.2 Å². The fourth-order valence-corrected chi connectivity index (χ4v) is 8.57. The monoisotopic (exact) mass is 866 g/mol. The van der Waals surface area contributed by atoms with Gasteiger partial charge in [-0.25, -0.2) is 4.39 Å². The van der Waals surface area contributed by atoms with Gasteiger partial charge in [-0.3, -0.25) is 0 Å². The SMILES string of the molecule is CCCCc1ccc(OCCCN2CCCCC2)cc1.COc1cc(CCCOCCCN2CCCC2)ccc1F.c1ccc(-c2ccc(OCCCN3CCCCC3)cc2)cc1. The number of piperidine rings is 2. The van der Waals surface area contributed by atoms with Crippen LogP contribution in [0.4, 0.5) is 4.39 Å². The molecule has 3 heterocycles. The van der Waals surface area contributed by atoms with Crippen molar-refractivity contribution < 1.29 is 23.3 Å². The number of nitrogens with zero attached hydrogens (tertiary/aromatic N) is 3. The van der Waals surface area contributed by atoms with E-state index >= 15 is 0 Å². The highest BCUT2D eigenvalue weighted by atomic mass is 19.1. The molecular formula is C55H80FN3O4. The van der Waals surface area contributed by atoms with E-state index in [1.807, 2.05) is 12.1 Å². The second kappa shape index (κ2) is 31.0. The van der Waals surface area contributed by atoms with E-state index in [0.29, 0.717) is 5.75 Å². The van der Waals surface area contributed by atoms with Crippen molar-refractivity contribution in [2.45, 2.75) is 110 Å². The van der Waals surface area contributed by atoms with Crippen molar-refractivity contribution in [2.24, 2.45) is 0 Å². The molecule has 3 saturated heterocycles. The van der Waals surface area contributed by atoms with Gasteiger partial charge in [-0.05, 0) is 181 Å². The van der Waals surface area contributed by atoms with Gasteiger partial charge in [0.15, 0.2) is 11.6 Å². The number of unbranched alkanes of at least 4 members (excludes halogenated alkanes) is 1. The van der Waals surface area contributed by atoms with Crippen LogP contribution in [0.1, 0.15) is 108 Å². The van der Waals surface area contributed by atoms with Crippen LogP contribution in [-0.2, 0) is 17.6 Å². The lowest BCUT2D eigenvalue weighted by Crippen LogP contribution is -2.31. The number of hydrogen-bond donors (Lipinski definition) is 0. The number of halogens is 1. The summed E-state index contributed by atoms with van der Waals surface area (Å²) < 4.78 is 35.6. The molecule has 0 radical (unpaired) electrons. The van der Waals surface area contributed by atoms with Crippen LogP contribution in [0.5, 0.6) is 17.2 Å². The van der Waals surface area contributed by atoms with Crippen LogP contribution in [-0.4, -0.2) is 107 Å². The summed E-state index contributed by atoms with van der Waals surface area (Å²) in [5.74, 6) is 2.00. The van der Waals surface area contributed by atoms with Crippen molar-refractivity contribution in [3.8, 4) is 28.4 Å². The maximum Gasteiger partial charge on any atom is 0.165 e. The summed E-state index contributed by atoms with van der Waals surface area (Å²) in [6.07, 6.45) is 19.9. The molecule has 7 rings (SSSR count). The first-order valence-electron chi connectivity index (χ1n) is 24.7. The number of benzene rings is 4. The van der Waals surface area contributed by atoms with Crippen LogP contribution in [0.15, 0.2) is 97.1 Å². The first kappa shape index (κ1) is 50.1. The van der Waals surface area contributed by atoms with Crippen molar-refractivity contribution in [1.29, 1.82) is 0 Å². The van der Waals surface area contributed by atoms with E-state index in [1.54, 1.807) is 6.07 Å². The first-order chi connectivity index (χ1) is 31.1. The van der Waals surface area contributed by atoms with E-state index in [-0.39, 0.29) is 5.82 Å². The summed E-state index contributed by atoms with van der Waals surface area (Å²) in [5, 5.41) is 0. The molecular weight excluding hydrogens is 786 g/mol. The Morgan fingerprint density at radius 1 is 0.476 bits per heavy atom. The van der Waals surface area contributed by atoms with E-state index in [4.69, 9.17) is 18.9 Å². The maximum absolute atomic E-state index is 13.3. The van der Waals surface area contributed by atoms with Gasteiger partial charge in [0.2, 0.25) is 0 Å². The van der Waals surface area contributed by atoms with Crippen molar-refractivity contribution >= 4 is 0 Å². The Morgan fingerprint density at radius 2 is 0.937 bits per heavy atom. The molecule has 4 aromatic rings. The number of aryl methyl sites for hydroxylation is 2. The first-order valence-corrected chi connectivity index (χ1v) is 24.7. The van der Waals surface area contributed by atoms with Crippen LogP contribution in [0.3, 0.4) is 0 Å². The van der Waals surface area contributed by atoms with Crippen molar-refractivity contribution in [3.63, 3.8) is 0 Å². The zero-order valence-electron chi connectivity index (χ0n) is 39.1. The molecule has 8 heteroatoms. The van der Waals surface area contributed by atoms with Gasteiger partial charge in [-0.2, -0.15) is 0 Å². The molecule has 0 unspecified atom stereocenters. The number of likely N-dealkylation sites (tertiary alicyclic amines) is 3. The number of ether oxygens (including phenoxy) is 4. The molecule has 0 bridgehead atoms. The van der Waals surface area contributed by atoms with Crippen LogP contribution >= 0.6 is 0 Å². The summed E-state index contributed by atoms with van der Waals surface area (Å²) in [6, 6.07) is 32.5. The summed E-state index contributed by atoms with van der Waals surface area (Å²) in [5.41, 5.74) is 5.00. The van der Waals surface area contributed by atoms with Gasteiger partial charge >= 0.3 is 0 Å². The third kappa shape index (κ3) is 20.6. The van der Waals surface area contributed by atoms with Crippen LogP contribution in [0, 0.1) is 5.82 Å². The Hall–Kier alpha value is -3.95. The number of rotatable bonds is 23. The Labute approximate surface area is 381 Å². The maximum atomic E-state index is 13.3. The van der Waals surface area contributed by atoms with Gasteiger partial charge in [0, 0.05) is 32.8 Å². The second-order valence-corrected chi connectivity index (χ2v) is 17.4. The Bertz CT molecular complexity index is 1720. The molecule has 0 aromatic heterocycles. The molecule has 0 amide bonds. The highest BCUT2D eigenvalue weighted by molar-refractivity contribution is 5.63. The fourth-order valence-electron chi connectivity index (χ4n) is 8.57. The molecule has 0 saturated carbocycles. The second-order valence-electron chi connectivity index (χ2n) is 17.4. The average molecular weight is 866 g/mol. The quantitative estimate of drug-likeness (QED) is 0.0688. The van der Waals surface area contributed by atoms with E-state index in [9.17, 15) is 4.39 Å². The van der Waals surface area contributed by atoms with Gasteiger partial charge in [-0.15, -0.1) is 0 Å². The highest BCUT2D eigenvalue weighted by Gasteiger charge is 2.12. The predicted molar refractivity (Wildman–Crippen MR) is 260 cm³/mol. The zero-order chi connectivity index (χ0) is 44.0. The highest BCUT2D eigenvalue weighted by Crippen LogP contribution is 2.23. The number of hydrogen-bond acceptors (Lipinski definition) is 7. The van der Waals surface area contributed by atoms with Crippen molar-refractivity contribution in [2.75, 3.05) is 92.4 Å². The van der Waals surface area contributed by atoms with Gasteiger partial charge in [-0.1, -0.05) is 86.8 Å². The van der Waals surface area contributed by atoms with E-state index < -0.39 is 0 Å². The molecule has 0 N–H and O–H groups in total. The zero-order valence-corrected chi connectivity index (χ0v) is 39.1. The van der Waals surface area contributed by atoms with Crippen molar-refractivity contribution in [1.82, 2.24) is 14.7 Å². The Kier molecular flexibility index (Phi) is 24.6. The van der Waals surface area contributed by atoms with Gasteiger partial charge < -0.3 is 33.6 Å². The van der Waals surface area contributed by atoms with E-state index in [0.717, 1.165) is 82.1 Å². The molecule has 3 aliphatic rings. The van der Waals surface area contributed by atoms with E-state index in [2.05, 4.69) is 94.4 Å². The normalized spacial score (nSPS) is 15.8. The molecule has 63 heavy (non-hydrogen) atoms. The molecule has 3 fully saturated rings. The third-order valence-electron chi connectivity index (χ3n) is 12.3. The summed E-state index contributed by atoms with van der Waals surface area (Å²) >= 11 is 0. The molecule has 0 atom stereocenters. The molecule has 346 valence electrons. The van der Waals surface area contributed by atoms with Crippen LogP contribution in [0.2, 0.25) is 0 Å². The Balaban J connectivity index is 0.000000178. The topological polar surface area (TPSA) is 46.6 Å². The van der Waals surface area contributed by atoms with Gasteiger partial charge in [0.25, 0.3) is 0 Å². The minimum absolute atomic E-state index is 0.306. The summed E-state index contributed by atoms with van der Waals surface area (Å²) in [7, 11) is 1.49. The number of methoxy groups -OCH3 is 1. The third-order valence-corrected chi connectivity index (χ3v) is 12.3. The van der Waals surface area contributed by atoms with Gasteiger partial charge in [0.1, 0.15) is 11.5 Å². The molecule has 3 aliphatic heterocycles. The van der Waals surface area contributed by atoms with Gasteiger partial charge in [0.05, 0.1) is 20.3 Å². The lowest BCUT2D eigenvalue weighted by molar-refractivity contribution is 0.121. The molecule has 4 aromatic carbocycles. The standard InChI is InChI=1S/C20H25NO.C18H29NO.C17H26FNO2/c1-3-8-18(9-4-1)19-10-12-20(13-11-19)22-17-7-16-21-14-5-2-6-15-21;1-2-3-8-17-9-11-18(12-10-17)20-16-7-15-19-13-5-4-6-14-19;1-20-17-14-15(7-8-16(17)18)6-4-12-21-13-5-11-19-9-2-3-10-19/h1,3-4,8-13H,2,5-7,14-17H2;9-12H,2-8,13-16H2,1H3;7-8,14H,2-6,9-13H2,1H3. The lowest BCUT2D eigenvalue weighted by atomic mass is 10.1. The minimum atomic E-state index is -0.306.